The molecule has 2 aromatic carbocycles. The first-order valence-electron chi connectivity index (χ1n) is 9.67. The Labute approximate surface area is 169 Å². The molecule has 0 spiro atoms. The SMILES string of the molecule is CN1CCN(C(=O)C=Cc2cn(-c3ccccc3)nc2-c2ccc(F)cc2)CC1. The van der Waals surface area contributed by atoms with Gasteiger partial charge in [0.2, 0.25) is 5.91 Å². The summed E-state index contributed by atoms with van der Waals surface area (Å²) in [4.78, 5) is 16.7. The second-order valence-corrected chi connectivity index (χ2v) is 7.18. The zero-order valence-electron chi connectivity index (χ0n) is 16.3. The van der Waals surface area contributed by atoms with Gasteiger partial charge in [0, 0.05) is 49.6 Å². The van der Waals surface area contributed by atoms with Crippen molar-refractivity contribution in [3.63, 3.8) is 0 Å². The highest BCUT2D eigenvalue weighted by molar-refractivity contribution is 5.93. The van der Waals surface area contributed by atoms with Crippen LogP contribution in [0.15, 0.2) is 66.9 Å². The molecule has 0 aliphatic carbocycles. The molecule has 3 aromatic rings. The molecule has 4 rings (SSSR count). The average Bonchev–Trinajstić information content (AvgIpc) is 3.18. The Hall–Kier alpha value is -3.25. The van der Waals surface area contributed by atoms with Crippen LogP contribution in [0.25, 0.3) is 23.0 Å². The first kappa shape index (κ1) is 19.1. The minimum absolute atomic E-state index is 0.00406. The largest absolute Gasteiger partial charge is 0.337 e. The first-order chi connectivity index (χ1) is 14.1. The van der Waals surface area contributed by atoms with Crippen LogP contribution in [0.1, 0.15) is 5.56 Å². The molecule has 1 amide bonds. The smallest absolute Gasteiger partial charge is 0.246 e. The van der Waals surface area contributed by atoms with Crippen molar-refractivity contribution in [3.8, 4) is 16.9 Å². The van der Waals surface area contributed by atoms with E-state index in [0.717, 1.165) is 43.0 Å². The molecule has 0 N–H and O–H groups in total. The van der Waals surface area contributed by atoms with Crippen LogP contribution >= 0.6 is 0 Å². The zero-order chi connectivity index (χ0) is 20.2. The van der Waals surface area contributed by atoms with Gasteiger partial charge >= 0.3 is 0 Å². The Morgan fingerprint density at radius 2 is 1.69 bits per heavy atom. The van der Waals surface area contributed by atoms with Crippen LogP contribution in [-0.2, 0) is 4.79 Å². The summed E-state index contributed by atoms with van der Waals surface area (Å²) >= 11 is 0. The maximum Gasteiger partial charge on any atom is 0.246 e. The van der Waals surface area contributed by atoms with E-state index in [1.54, 1.807) is 29.0 Å². The van der Waals surface area contributed by atoms with Gasteiger partial charge in [-0.2, -0.15) is 5.10 Å². The molecule has 29 heavy (non-hydrogen) atoms. The second-order valence-electron chi connectivity index (χ2n) is 7.18. The van der Waals surface area contributed by atoms with Crippen molar-refractivity contribution in [2.45, 2.75) is 0 Å². The van der Waals surface area contributed by atoms with Gasteiger partial charge in [0.1, 0.15) is 5.82 Å². The standard InChI is InChI=1S/C23H23FN4O/c1-26-13-15-27(16-14-26)22(29)12-9-19-17-28(21-5-3-2-4-6-21)25-23(19)18-7-10-20(24)11-8-18/h2-12,17H,13-16H2,1H3. The second kappa shape index (κ2) is 8.41. The molecule has 0 atom stereocenters. The summed E-state index contributed by atoms with van der Waals surface area (Å²) in [5.41, 5.74) is 3.23. The van der Waals surface area contributed by atoms with Crippen LogP contribution in [0.4, 0.5) is 4.39 Å². The van der Waals surface area contributed by atoms with Crippen molar-refractivity contribution in [3.05, 3.63) is 78.3 Å². The Balaban J connectivity index is 1.64. The summed E-state index contributed by atoms with van der Waals surface area (Å²) in [5, 5.41) is 4.69. The fourth-order valence-electron chi connectivity index (χ4n) is 3.35. The lowest BCUT2D eigenvalue weighted by atomic mass is 10.1. The maximum absolute atomic E-state index is 13.4. The fraction of sp³-hybridized carbons (Fsp3) is 0.217. The lowest BCUT2D eigenvalue weighted by Gasteiger charge is -2.31. The molecule has 0 saturated carbocycles. The third-order valence-corrected chi connectivity index (χ3v) is 5.10. The van der Waals surface area contributed by atoms with Crippen molar-refractivity contribution in [1.82, 2.24) is 19.6 Å². The lowest BCUT2D eigenvalue weighted by molar-refractivity contribution is -0.127. The monoisotopic (exact) mass is 390 g/mol. The van der Waals surface area contributed by atoms with Crippen molar-refractivity contribution < 1.29 is 9.18 Å². The quantitative estimate of drug-likeness (QED) is 0.641. The Morgan fingerprint density at radius 1 is 1.00 bits per heavy atom. The molecule has 1 fully saturated rings. The van der Waals surface area contributed by atoms with Crippen molar-refractivity contribution in [1.29, 1.82) is 0 Å². The van der Waals surface area contributed by atoms with E-state index in [1.807, 2.05) is 41.4 Å². The van der Waals surface area contributed by atoms with E-state index in [1.165, 1.54) is 12.1 Å². The molecule has 6 heteroatoms. The minimum atomic E-state index is -0.293. The molecule has 5 nitrogen and oxygen atoms in total. The van der Waals surface area contributed by atoms with E-state index < -0.39 is 0 Å². The predicted molar refractivity (Wildman–Crippen MR) is 112 cm³/mol. The number of aromatic nitrogens is 2. The van der Waals surface area contributed by atoms with Crippen LogP contribution in [-0.4, -0.2) is 58.7 Å². The summed E-state index contributed by atoms with van der Waals surface area (Å²) < 4.78 is 15.1. The Morgan fingerprint density at radius 3 is 2.38 bits per heavy atom. The Bertz CT molecular complexity index is 1000. The number of carbonyl (C=O) groups excluding carboxylic acids is 1. The van der Waals surface area contributed by atoms with Crippen LogP contribution < -0.4 is 0 Å². The van der Waals surface area contributed by atoms with Gasteiger partial charge in [-0.3, -0.25) is 4.79 Å². The molecule has 0 bridgehead atoms. The number of rotatable bonds is 4. The maximum atomic E-state index is 13.4. The molecule has 1 aromatic heterocycles. The van der Waals surface area contributed by atoms with Gasteiger partial charge in [-0.1, -0.05) is 18.2 Å². The average molecular weight is 390 g/mol. The minimum Gasteiger partial charge on any atom is -0.337 e. The van der Waals surface area contributed by atoms with E-state index in [-0.39, 0.29) is 11.7 Å². The molecule has 0 radical (unpaired) electrons. The van der Waals surface area contributed by atoms with Gasteiger partial charge in [0.05, 0.1) is 11.4 Å². The topological polar surface area (TPSA) is 41.4 Å². The third-order valence-electron chi connectivity index (χ3n) is 5.10. The number of hydrogen-bond donors (Lipinski definition) is 0. The van der Waals surface area contributed by atoms with Gasteiger partial charge in [0.15, 0.2) is 0 Å². The van der Waals surface area contributed by atoms with Crippen LogP contribution in [0, 0.1) is 5.82 Å². The van der Waals surface area contributed by atoms with Gasteiger partial charge in [-0.15, -0.1) is 0 Å². The molecular weight excluding hydrogens is 367 g/mol. The number of carbonyl (C=O) groups is 1. The molecule has 0 unspecified atom stereocenters. The van der Waals surface area contributed by atoms with Gasteiger partial charge < -0.3 is 9.80 Å². The number of benzene rings is 2. The number of halogens is 1. The predicted octanol–water partition coefficient (Wildman–Crippen LogP) is 3.47. The molecule has 148 valence electrons. The van der Waals surface area contributed by atoms with Gasteiger partial charge in [-0.05, 0) is 49.5 Å². The normalized spacial score (nSPS) is 15.2. The summed E-state index contributed by atoms with van der Waals surface area (Å²) in [5.74, 6) is -0.297. The highest BCUT2D eigenvalue weighted by atomic mass is 19.1. The summed E-state index contributed by atoms with van der Waals surface area (Å²) in [7, 11) is 2.06. The zero-order valence-corrected chi connectivity index (χ0v) is 16.3. The summed E-state index contributed by atoms with van der Waals surface area (Å²) in [6, 6.07) is 16.0. The third kappa shape index (κ3) is 4.43. The van der Waals surface area contributed by atoms with Gasteiger partial charge in [-0.25, -0.2) is 9.07 Å². The molecule has 1 aliphatic rings. The highest BCUT2D eigenvalue weighted by Gasteiger charge is 2.17. The number of nitrogens with zero attached hydrogens (tertiary/aromatic N) is 4. The molecule has 1 saturated heterocycles. The Kier molecular flexibility index (Phi) is 5.53. The number of para-hydroxylation sites is 1. The van der Waals surface area contributed by atoms with E-state index in [9.17, 15) is 9.18 Å². The number of hydrogen-bond acceptors (Lipinski definition) is 3. The van der Waals surface area contributed by atoms with Crippen molar-refractivity contribution in [2.75, 3.05) is 33.2 Å². The van der Waals surface area contributed by atoms with Crippen LogP contribution in [0.2, 0.25) is 0 Å². The summed E-state index contributed by atoms with van der Waals surface area (Å²) in [6.45, 7) is 3.22. The van der Waals surface area contributed by atoms with Crippen LogP contribution in [0.3, 0.4) is 0 Å². The number of piperazine rings is 1. The molecule has 2 heterocycles. The van der Waals surface area contributed by atoms with E-state index >= 15 is 0 Å². The van der Waals surface area contributed by atoms with E-state index in [0.29, 0.717) is 5.69 Å². The highest BCUT2D eigenvalue weighted by Crippen LogP contribution is 2.25. The van der Waals surface area contributed by atoms with Crippen molar-refractivity contribution >= 4 is 12.0 Å². The van der Waals surface area contributed by atoms with Crippen molar-refractivity contribution in [2.24, 2.45) is 0 Å². The number of likely N-dealkylation sites (N-methyl/N-ethyl adjacent to an activating group) is 1. The first-order valence-corrected chi connectivity index (χ1v) is 9.67. The van der Waals surface area contributed by atoms with Gasteiger partial charge in [0.25, 0.3) is 0 Å². The molecular formula is C23H23FN4O. The van der Waals surface area contributed by atoms with E-state index in [4.69, 9.17) is 5.10 Å². The van der Waals surface area contributed by atoms with E-state index in [2.05, 4.69) is 11.9 Å². The van der Waals surface area contributed by atoms with Crippen LogP contribution in [0.5, 0.6) is 0 Å². The summed E-state index contributed by atoms with van der Waals surface area (Å²) in [6.07, 6.45) is 5.29. The lowest BCUT2D eigenvalue weighted by Crippen LogP contribution is -2.46. The number of amides is 1. The fourth-order valence-corrected chi connectivity index (χ4v) is 3.35. The molecule has 1 aliphatic heterocycles.